The standard InChI is InChI=1S/C12H15Cl2N5/c1-7-8(6-19(3)18-7)5-16-12-10(14)4-9(13)11(15-2)17-12/h4,6H,5H2,1-3H3,(H2,15,16,17). The Kier molecular flexibility index (Phi) is 4.17. The van der Waals surface area contributed by atoms with Gasteiger partial charge in [0.25, 0.3) is 0 Å². The summed E-state index contributed by atoms with van der Waals surface area (Å²) >= 11 is 12.1. The van der Waals surface area contributed by atoms with Crippen LogP contribution in [0.4, 0.5) is 11.6 Å². The molecule has 0 spiro atoms. The van der Waals surface area contributed by atoms with Gasteiger partial charge in [-0.05, 0) is 13.0 Å². The summed E-state index contributed by atoms with van der Waals surface area (Å²) in [6.45, 7) is 2.57. The number of anilines is 2. The van der Waals surface area contributed by atoms with Gasteiger partial charge in [0.15, 0.2) is 0 Å². The molecule has 5 nitrogen and oxygen atoms in total. The maximum atomic E-state index is 6.11. The van der Waals surface area contributed by atoms with Gasteiger partial charge in [0.05, 0.1) is 15.7 Å². The third-order valence-electron chi connectivity index (χ3n) is 2.73. The molecular formula is C12H15Cl2N5. The highest BCUT2D eigenvalue weighted by atomic mass is 35.5. The predicted molar refractivity (Wildman–Crippen MR) is 79.1 cm³/mol. The first-order valence-corrected chi connectivity index (χ1v) is 6.53. The second-order valence-electron chi connectivity index (χ2n) is 4.17. The number of nitrogens with one attached hydrogen (secondary N) is 2. The van der Waals surface area contributed by atoms with E-state index in [9.17, 15) is 0 Å². The summed E-state index contributed by atoms with van der Waals surface area (Å²) in [7, 11) is 3.65. The van der Waals surface area contributed by atoms with E-state index in [2.05, 4.69) is 20.7 Å². The number of nitrogens with zero attached hydrogens (tertiary/aromatic N) is 3. The summed E-state index contributed by atoms with van der Waals surface area (Å²) in [6.07, 6.45) is 1.96. The summed E-state index contributed by atoms with van der Waals surface area (Å²) in [4.78, 5) is 4.33. The van der Waals surface area contributed by atoms with Crippen molar-refractivity contribution >= 4 is 34.8 Å². The molecule has 2 aromatic heterocycles. The first-order chi connectivity index (χ1) is 9.01. The molecule has 2 aromatic rings. The zero-order valence-electron chi connectivity index (χ0n) is 11.0. The van der Waals surface area contributed by atoms with Crippen molar-refractivity contribution in [2.24, 2.45) is 7.05 Å². The molecule has 0 saturated heterocycles. The predicted octanol–water partition coefficient (Wildman–Crippen LogP) is 3.08. The van der Waals surface area contributed by atoms with E-state index in [1.54, 1.807) is 17.8 Å². The maximum Gasteiger partial charge on any atom is 0.147 e. The lowest BCUT2D eigenvalue weighted by molar-refractivity contribution is 0.756. The molecule has 0 radical (unpaired) electrons. The van der Waals surface area contributed by atoms with Gasteiger partial charge in [0.2, 0.25) is 0 Å². The average molecular weight is 300 g/mol. The van der Waals surface area contributed by atoms with Crippen molar-refractivity contribution in [1.29, 1.82) is 0 Å². The van der Waals surface area contributed by atoms with Gasteiger partial charge in [-0.2, -0.15) is 5.10 Å². The van der Waals surface area contributed by atoms with Crippen LogP contribution in [0.15, 0.2) is 12.3 Å². The first-order valence-electron chi connectivity index (χ1n) is 5.78. The average Bonchev–Trinajstić information content (AvgIpc) is 2.67. The van der Waals surface area contributed by atoms with E-state index in [1.807, 2.05) is 20.2 Å². The number of hydrogen-bond donors (Lipinski definition) is 2. The lowest BCUT2D eigenvalue weighted by Gasteiger charge is -2.10. The quantitative estimate of drug-likeness (QED) is 0.911. The zero-order chi connectivity index (χ0) is 14.0. The van der Waals surface area contributed by atoms with Gasteiger partial charge in [0.1, 0.15) is 11.6 Å². The Morgan fingerprint density at radius 2 is 1.95 bits per heavy atom. The summed E-state index contributed by atoms with van der Waals surface area (Å²) in [5.74, 6) is 1.19. The molecule has 0 fully saturated rings. The smallest absolute Gasteiger partial charge is 0.147 e. The van der Waals surface area contributed by atoms with Crippen molar-refractivity contribution in [2.75, 3.05) is 17.7 Å². The van der Waals surface area contributed by atoms with Crippen LogP contribution in [-0.4, -0.2) is 21.8 Å². The summed E-state index contributed by atoms with van der Waals surface area (Å²) in [5, 5.41) is 11.4. The highest BCUT2D eigenvalue weighted by Gasteiger charge is 2.09. The third kappa shape index (κ3) is 3.11. The second-order valence-corrected chi connectivity index (χ2v) is 4.98. The topological polar surface area (TPSA) is 54.8 Å². The number of aromatic nitrogens is 3. The minimum atomic E-state index is 0.491. The van der Waals surface area contributed by atoms with E-state index in [1.165, 1.54) is 0 Å². The molecule has 19 heavy (non-hydrogen) atoms. The molecule has 0 unspecified atom stereocenters. The van der Waals surface area contributed by atoms with Crippen molar-refractivity contribution < 1.29 is 0 Å². The molecule has 0 aliphatic carbocycles. The minimum Gasteiger partial charge on any atom is -0.372 e. The molecule has 102 valence electrons. The lowest BCUT2D eigenvalue weighted by atomic mass is 10.2. The van der Waals surface area contributed by atoms with Crippen LogP contribution in [-0.2, 0) is 13.6 Å². The molecule has 0 aromatic carbocycles. The molecule has 7 heteroatoms. The van der Waals surface area contributed by atoms with Crippen molar-refractivity contribution in [3.05, 3.63) is 33.6 Å². The van der Waals surface area contributed by atoms with E-state index < -0.39 is 0 Å². The zero-order valence-corrected chi connectivity index (χ0v) is 12.5. The van der Waals surface area contributed by atoms with Gasteiger partial charge < -0.3 is 10.6 Å². The summed E-state index contributed by atoms with van der Waals surface area (Å²) in [6, 6.07) is 1.67. The van der Waals surface area contributed by atoms with E-state index >= 15 is 0 Å². The Bertz CT molecular complexity index is 594. The molecular weight excluding hydrogens is 285 g/mol. The lowest BCUT2D eigenvalue weighted by Crippen LogP contribution is -2.04. The largest absolute Gasteiger partial charge is 0.372 e. The van der Waals surface area contributed by atoms with Crippen LogP contribution in [0.25, 0.3) is 0 Å². The third-order valence-corrected chi connectivity index (χ3v) is 3.30. The van der Waals surface area contributed by atoms with Crippen LogP contribution in [0.5, 0.6) is 0 Å². The SMILES string of the molecule is CNc1nc(NCc2cn(C)nc2C)c(Cl)cc1Cl. The number of hydrogen-bond acceptors (Lipinski definition) is 4. The normalized spacial score (nSPS) is 10.6. The van der Waals surface area contributed by atoms with Crippen LogP contribution < -0.4 is 10.6 Å². The molecule has 0 amide bonds. The van der Waals surface area contributed by atoms with Gasteiger partial charge >= 0.3 is 0 Å². The second kappa shape index (κ2) is 5.67. The molecule has 2 heterocycles. The van der Waals surface area contributed by atoms with Crippen molar-refractivity contribution in [3.8, 4) is 0 Å². The molecule has 0 bridgehead atoms. The molecule has 0 aliphatic heterocycles. The van der Waals surface area contributed by atoms with Gasteiger partial charge in [0, 0.05) is 32.4 Å². The highest BCUT2D eigenvalue weighted by molar-refractivity contribution is 6.37. The Morgan fingerprint density at radius 3 is 2.53 bits per heavy atom. The van der Waals surface area contributed by atoms with Crippen LogP contribution >= 0.6 is 23.2 Å². The number of pyridine rings is 1. The molecule has 0 atom stereocenters. The molecule has 0 aliphatic rings. The fraction of sp³-hybridized carbons (Fsp3) is 0.333. The van der Waals surface area contributed by atoms with Crippen LogP contribution in [0, 0.1) is 6.92 Å². The van der Waals surface area contributed by atoms with Gasteiger partial charge in [-0.3, -0.25) is 4.68 Å². The Morgan fingerprint density at radius 1 is 1.26 bits per heavy atom. The van der Waals surface area contributed by atoms with E-state index in [0.717, 1.165) is 11.3 Å². The number of aryl methyl sites for hydroxylation is 2. The van der Waals surface area contributed by atoms with Crippen molar-refractivity contribution in [3.63, 3.8) is 0 Å². The van der Waals surface area contributed by atoms with Gasteiger partial charge in [-0.15, -0.1) is 0 Å². The number of halogens is 2. The van der Waals surface area contributed by atoms with Gasteiger partial charge in [-0.25, -0.2) is 4.98 Å². The summed E-state index contributed by atoms with van der Waals surface area (Å²) < 4.78 is 1.78. The Labute approximate surface area is 121 Å². The van der Waals surface area contributed by atoms with Crippen LogP contribution in [0.1, 0.15) is 11.3 Å². The van der Waals surface area contributed by atoms with Crippen molar-refractivity contribution in [1.82, 2.24) is 14.8 Å². The van der Waals surface area contributed by atoms with E-state index in [4.69, 9.17) is 23.2 Å². The monoisotopic (exact) mass is 299 g/mol. The van der Waals surface area contributed by atoms with Crippen molar-refractivity contribution in [2.45, 2.75) is 13.5 Å². The molecule has 2 N–H and O–H groups in total. The Hall–Kier alpha value is -1.46. The first kappa shape index (κ1) is 14.0. The van der Waals surface area contributed by atoms with Gasteiger partial charge in [-0.1, -0.05) is 23.2 Å². The minimum absolute atomic E-state index is 0.491. The maximum absolute atomic E-state index is 6.11. The van der Waals surface area contributed by atoms with Crippen LogP contribution in [0.3, 0.4) is 0 Å². The van der Waals surface area contributed by atoms with E-state index in [-0.39, 0.29) is 0 Å². The molecule has 0 saturated carbocycles. The van der Waals surface area contributed by atoms with Crippen LogP contribution in [0.2, 0.25) is 10.0 Å². The van der Waals surface area contributed by atoms with E-state index in [0.29, 0.717) is 28.2 Å². The fourth-order valence-corrected chi connectivity index (χ4v) is 2.29. The number of rotatable bonds is 4. The fourth-order valence-electron chi connectivity index (χ4n) is 1.77. The Balaban J connectivity index is 2.17. The highest BCUT2D eigenvalue weighted by Crippen LogP contribution is 2.29. The summed E-state index contributed by atoms with van der Waals surface area (Å²) in [5.41, 5.74) is 2.08. The molecule has 2 rings (SSSR count).